The maximum absolute atomic E-state index is 13.3. The molecule has 6 atom stereocenters. The highest BCUT2D eigenvalue weighted by Crippen LogP contribution is 2.59. The van der Waals surface area contributed by atoms with Gasteiger partial charge in [0.2, 0.25) is 5.76 Å². The Hall–Kier alpha value is -1.99. The van der Waals surface area contributed by atoms with E-state index in [1.54, 1.807) is 0 Å². The van der Waals surface area contributed by atoms with Gasteiger partial charge in [-0.2, -0.15) is 0 Å². The molecule has 6 nitrogen and oxygen atoms in total. The number of nitrogens with zero attached hydrogens (tertiary/aromatic N) is 1. The molecule has 0 spiro atoms. The predicted octanol–water partition coefficient (Wildman–Crippen LogP) is 3.96. The number of aromatic nitrogens is 1. The lowest BCUT2D eigenvalue weighted by atomic mass is 9.61. The number of carbonyl (C=O) groups excluding carboxylic acids is 1. The summed E-state index contributed by atoms with van der Waals surface area (Å²) < 4.78 is 11.2. The van der Waals surface area contributed by atoms with Gasteiger partial charge in [0.1, 0.15) is 11.5 Å². The Balaban J connectivity index is 1.37. The number of rotatable bonds is 7. The molecular formula is C23H29N3O3S. The van der Waals surface area contributed by atoms with Gasteiger partial charge in [0, 0.05) is 17.5 Å². The van der Waals surface area contributed by atoms with Crippen molar-refractivity contribution in [1.29, 1.82) is 0 Å². The highest BCUT2D eigenvalue weighted by Gasteiger charge is 2.54. The fraction of sp³-hybridized carbons (Fsp3) is 0.565. The molecule has 2 bridgehead atoms. The number of benzene rings is 1. The first kappa shape index (κ1) is 19.9. The van der Waals surface area contributed by atoms with Crippen LogP contribution in [-0.2, 0) is 0 Å². The molecule has 0 saturated heterocycles. The van der Waals surface area contributed by atoms with Crippen LogP contribution in [0, 0.1) is 29.6 Å². The lowest BCUT2D eigenvalue weighted by molar-refractivity contribution is 0.0393. The quantitative estimate of drug-likeness (QED) is 0.695. The van der Waals surface area contributed by atoms with Crippen LogP contribution in [0.2, 0.25) is 0 Å². The van der Waals surface area contributed by atoms with Gasteiger partial charge in [0.25, 0.3) is 11.8 Å². The summed E-state index contributed by atoms with van der Waals surface area (Å²) in [5.41, 5.74) is 5.58. The van der Waals surface area contributed by atoms with E-state index < -0.39 is 0 Å². The summed E-state index contributed by atoms with van der Waals surface area (Å²) in [6, 6.07) is 10.1. The molecule has 3 N–H and O–H groups in total. The minimum Gasteiger partial charge on any atom is -0.473 e. The number of ether oxygens (including phenoxy) is 1. The molecule has 3 saturated carbocycles. The highest BCUT2D eigenvalue weighted by atomic mass is 32.2. The van der Waals surface area contributed by atoms with Gasteiger partial charge >= 0.3 is 0 Å². The Kier molecular flexibility index (Phi) is 5.50. The number of amides is 1. The van der Waals surface area contributed by atoms with Crippen LogP contribution < -0.4 is 15.8 Å². The standard InChI is InChI=1S/C23H29N3O3S/c1-13-9-14-10-15-12-18(17(15)11-14)19(13)25-22(27)20-21(23(26-29-20)28-8-7-24)30-16-5-3-2-4-6-16/h2-6,13-15,17-19H,7-12,24H2,1H3,(H,25,27). The smallest absolute Gasteiger partial charge is 0.291 e. The van der Waals surface area contributed by atoms with E-state index in [1.807, 2.05) is 30.3 Å². The fourth-order valence-electron chi connectivity index (χ4n) is 5.92. The van der Waals surface area contributed by atoms with E-state index in [-0.39, 0.29) is 17.7 Å². The highest BCUT2D eigenvalue weighted by molar-refractivity contribution is 7.99. The van der Waals surface area contributed by atoms with Gasteiger partial charge in [-0.25, -0.2) is 0 Å². The third-order valence-corrected chi connectivity index (χ3v) is 8.27. The zero-order chi connectivity index (χ0) is 20.7. The molecule has 7 heteroatoms. The van der Waals surface area contributed by atoms with Gasteiger partial charge in [0.15, 0.2) is 0 Å². The van der Waals surface area contributed by atoms with E-state index in [9.17, 15) is 4.79 Å². The van der Waals surface area contributed by atoms with Gasteiger partial charge in [-0.3, -0.25) is 4.79 Å². The summed E-state index contributed by atoms with van der Waals surface area (Å²) in [5, 5.41) is 7.36. The van der Waals surface area contributed by atoms with Crippen molar-refractivity contribution in [3.05, 3.63) is 36.1 Å². The third-order valence-electron chi connectivity index (χ3n) is 7.20. The van der Waals surface area contributed by atoms with Crippen LogP contribution in [0.3, 0.4) is 0 Å². The number of hydrogen-bond donors (Lipinski definition) is 2. The number of nitrogens with two attached hydrogens (primary N) is 1. The van der Waals surface area contributed by atoms with Crippen molar-refractivity contribution in [2.24, 2.45) is 35.3 Å². The average molecular weight is 428 g/mol. The van der Waals surface area contributed by atoms with E-state index in [2.05, 4.69) is 17.4 Å². The fourth-order valence-corrected chi connectivity index (χ4v) is 6.86. The molecule has 1 aromatic heterocycles. The van der Waals surface area contributed by atoms with E-state index in [0.29, 0.717) is 35.8 Å². The Morgan fingerprint density at radius 2 is 2.07 bits per heavy atom. The molecule has 2 aromatic rings. The molecule has 3 aliphatic rings. The van der Waals surface area contributed by atoms with Crippen LogP contribution >= 0.6 is 11.8 Å². The van der Waals surface area contributed by atoms with Crippen molar-refractivity contribution in [2.45, 2.75) is 48.4 Å². The predicted molar refractivity (Wildman–Crippen MR) is 114 cm³/mol. The van der Waals surface area contributed by atoms with E-state index in [0.717, 1.165) is 22.6 Å². The van der Waals surface area contributed by atoms with Crippen LogP contribution in [0.4, 0.5) is 0 Å². The van der Waals surface area contributed by atoms with Gasteiger partial charge in [-0.1, -0.05) is 36.9 Å². The second-order valence-corrected chi connectivity index (χ2v) is 10.2. The molecule has 1 amide bonds. The molecule has 160 valence electrons. The topological polar surface area (TPSA) is 90.4 Å². The number of nitrogens with one attached hydrogen (secondary N) is 1. The van der Waals surface area contributed by atoms with Gasteiger partial charge < -0.3 is 20.3 Å². The Bertz CT molecular complexity index is 902. The van der Waals surface area contributed by atoms with Crippen molar-refractivity contribution in [2.75, 3.05) is 13.2 Å². The molecule has 5 rings (SSSR count). The van der Waals surface area contributed by atoms with E-state index in [1.165, 1.54) is 37.4 Å². The van der Waals surface area contributed by atoms with Crippen molar-refractivity contribution in [3.8, 4) is 5.88 Å². The van der Waals surface area contributed by atoms with Gasteiger partial charge in [-0.05, 0) is 72.6 Å². The Morgan fingerprint density at radius 3 is 2.87 bits per heavy atom. The molecule has 0 radical (unpaired) electrons. The summed E-state index contributed by atoms with van der Waals surface area (Å²) in [6.45, 7) is 2.98. The number of carbonyl (C=O) groups is 1. The molecule has 1 heterocycles. The summed E-state index contributed by atoms with van der Waals surface area (Å²) in [5.74, 6) is 3.97. The summed E-state index contributed by atoms with van der Waals surface area (Å²) in [7, 11) is 0. The van der Waals surface area contributed by atoms with E-state index >= 15 is 0 Å². The monoisotopic (exact) mass is 427 g/mol. The van der Waals surface area contributed by atoms with Crippen molar-refractivity contribution >= 4 is 17.7 Å². The Morgan fingerprint density at radius 1 is 1.23 bits per heavy atom. The molecule has 30 heavy (non-hydrogen) atoms. The number of fused-ring (bicyclic) bond motifs is 1. The lowest BCUT2D eigenvalue weighted by Gasteiger charge is -2.47. The van der Waals surface area contributed by atoms with Crippen molar-refractivity contribution in [1.82, 2.24) is 10.5 Å². The second-order valence-electron chi connectivity index (χ2n) is 9.07. The first-order chi connectivity index (χ1) is 14.6. The van der Waals surface area contributed by atoms with Gasteiger partial charge in [-0.15, -0.1) is 0 Å². The summed E-state index contributed by atoms with van der Waals surface area (Å²) in [6.07, 6.45) is 5.21. The molecule has 1 aromatic carbocycles. The second kappa shape index (κ2) is 8.27. The molecule has 6 unspecified atom stereocenters. The van der Waals surface area contributed by atoms with Crippen LogP contribution in [0.1, 0.15) is 43.2 Å². The first-order valence-electron chi connectivity index (χ1n) is 11.0. The van der Waals surface area contributed by atoms with Crippen LogP contribution in [-0.4, -0.2) is 30.3 Å². The maximum atomic E-state index is 13.3. The van der Waals surface area contributed by atoms with Crippen LogP contribution in [0.15, 0.2) is 44.6 Å². The molecule has 3 fully saturated rings. The lowest BCUT2D eigenvalue weighted by Crippen LogP contribution is -2.52. The SMILES string of the molecule is CC1CC2CC3CC(C3C2)C1NC(=O)c1onc(OCCN)c1Sc1ccccc1. The van der Waals surface area contributed by atoms with Crippen LogP contribution in [0.5, 0.6) is 5.88 Å². The summed E-state index contributed by atoms with van der Waals surface area (Å²) >= 11 is 1.43. The molecule has 0 aliphatic heterocycles. The Labute approximate surface area is 181 Å². The third kappa shape index (κ3) is 3.62. The largest absolute Gasteiger partial charge is 0.473 e. The molecule has 3 aliphatic carbocycles. The first-order valence-corrected chi connectivity index (χ1v) is 11.8. The van der Waals surface area contributed by atoms with E-state index in [4.69, 9.17) is 15.0 Å². The minimum atomic E-state index is -0.193. The molecular weight excluding hydrogens is 398 g/mol. The van der Waals surface area contributed by atoms with Crippen LogP contribution in [0.25, 0.3) is 0 Å². The zero-order valence-electron chi connectivity index (χ0n) is 17.3. The van der Waals surface area contributed by atoms with Crippen molar-refractivity contribution in [3.63, 3.8) is 0 Å². The average Bonchev–Trinajstić information content (AvgIpc) is 3.24. The van der Waals surface area contributed by atoms with Gasteiger partial charge in [0.05, 0.1) is 0 Å². The minimum absolute atomic E-state index is 0.193. The normalized spacial score (nSPS) is 31.7. The maximum Gasteiger partial charge on any atom is 0.291 e. The summed E-state index contributed by atoms with van der Waals surface area (Å²) in [4.78, 5) is 14.9. The number of hydrogen-bond acceptors (Lipinski definition) is 6. The van der Waals surface area contributed by atoms with Crippen molar-refractivity contribution < 1.29 is 14.1 Å². The zero-order valence-corrected chi connectivity index (χ0v) is 18.1.